The Kier molecular flexibility index (Phi) is 2.95. The molecular weight excluding hydrogens is 296 g/mol. The Labute approximate surface area is 123 Å². The van der Waals surface area contributed by atoms with Gasteiger partial charge in [-0.15, -0.1) is 0 Å². The molecule has 7 heteroatoms. The van der Waals surface area contributed by atoms with Crippen molar-refractivity contribution in [3.8, 4) is 0 Å². The second-order valence-corrected chi connectivity index (χ2v) is 4.75. The monoisotopic (exact) mass is 302 g/mol. The molecule has 1 aliphatic heterocycles. The van der Waals surface area contributed by atoms with E-state index in [1.165, 1.54) is 36.5 Å². The number of carboxylic acids is 1. The van der Waals surface area contributed by atoms with Gasteiger partial charge in [0.05, 0.1) is 16.8 Å². The average Bonchev–Trinajstić information content (AvgIpc) is 2.72. The summed E-state index contributed by atoms with van der Waals surface area (Å²) in [6.07, 6.45) is 1.40. The molecule has 0 aliphatic carbocycles. The fourth-order valence-corrected chi connectivity index (χ4v) is 2.33. The number of carbonyl (C=O) groups is 3. The van der Waals surface area contributed by atoms with Crippen LogP contribution in [0.2, 0.25) is 5.02 Å². The van der Waals surface area contributed by atoms with Crippen molar-refractivity contribution in [2.24, 2.45) is 0 Å². The van der Waals surface area contributed by atoms with Gasteiger partial charge in [0, 0.05) is 11.2 Å². The molecule has 1 N–H and O–H groups in total. The van der Waals surface area contributed by atoms with Gasteiger partial charge in [0.15, 0.2) is 0 Å². The summed E-state index contributed by atoms with van der Waals surface area (Å²) in [5.41, 5.74) is -0.0977. The number of halogens is 1. The van der Waals surface area contributed by atoms with Crippen molar-refractivity contribution in [3.05, 3.63) is 58.4 Å². The Morgan fingerprint density at radius 2 is 1.95 bits per heavy atom. The molecule has 2 heterocycles. The number of rotatable bonds is 2. The molecule has 0 radical (unpaired) electrons. The Bertz CT molecular complexity index is 768. The van der Waals surface area contributed by atoms with E-state index in [1.54, 1.807) is 0 Å². The molecule has 1 aliphatic rings. The first-order chi connectivity index (χ1) is 10.0. The van der Waals surface area contributed by atoms with Gasteiger partial charge in [-0.05, 0) is 30.3 Å². The molecule has 6 nitrogen and oxygen atoms in total. The average molecular weight is 303 g/mol. The van der Waals surface area contributed by atoms with Gasteiger partial charge in [0.25, 0.3) is 11.8 Å². The SMILES string of the molecule is O=C(O)c1cc(Cl)ccc1N1C(=O)c2cccnc2C1=O. The van der Waals surface area contributed by atoms with Crippen LogP contribution in [0, 0.1) is 0 Å². The number of carbonyl (C=O) groups excluding carboxylic acids is 2. The predicted octanol–water partition coefficient (Wildman–Crippen LogP) is 2.23. The smallest absolute Gasteiger partial charge is 0.337 e. The summed E-state index contributed by atoms with van der Waals surface area (Å²) in [7, 11) is 0. The Hall–Kier alpha value is -2.73. The summed E-state index contributed by atoms with van der Waals surface area (Å²) < 4.78 is 0. The molecule has 2 aromatic rings. The van der Waals surface area contributed by atoms with E-state index in [2.05, 4.69) is 4.98 Å². The third-order valence-corrected chi connectivity index (χ3v) is 3.31. The van der Waals surface area contributed by atoms with Gasteiger partial charge in [-0.3, -0.25) is 14.6 Å². The number of aromatic carboxylic acids is 1. The number of amides is 2. The zero-order valence-corrected chi connectivity index (χ0v) is 11.2. The molecule has 0 saturated heterocycles. The number of anilines is 1. The van der Waals surface area contributed by atoms with E-state index in [0.29, 0.717) is 0 Å². The van der Waals surface area contributed by atoms with Gasteiger partial charge >= 0.3 is 5.97 Å². The van der Waals surface area contributed by atoms with Gasteiger partial charge in [-0.1, -0.05) is 11.6 Å². The molecule has 1 aromatic heterocycles. The molecule has 0 spiro atoms. The minimum Gasteiger partial charge on any atom is -0.478 e. The molecule has 3 rings (SSSR count). The van der Waals surface area contributed by atoms with Crippen molar-refractivity contribution in [1.82, 2.24) is 4.98 Å². The van der Waals surface area contributed by atoms with Gasteiger partial charge in [-0.25, -0.2) is 9.69 Å². The quantitative estimate of drug-likeness (QED) is 0.860. The summed E-state index contributed by atoms with van der Waals surface area (Å²) in [6, 6.07) is 6.94. The van der Waals surface area contributed by atoms with E-state index < -0.39 is 17.8 Å². The lowest BCUT2D eigenvalue weighted by Gasteiger charge is -2.16. The predicted molar refractivity (Wildman–Crippen MR) is 73.8 cm³/mol. The lowest BCUT2D eigenvalue weighted by molar-refractivity contribution is 0.0698. The third kappa shape index (κ3) is 1.96. The molecule has 1 aromatic carbocycles. The van der Waals surface area contributed by atoms with Gasteiger partial charge in [0.2, 0.25) is 0 Å². The second-order valence-electron chi connectivity index (χ2n) is 4.31. The van der Waals surface area contributed by atoms with Crippen molar-refractivity contribution >= 4 is 35.1 Å². The first kappa shape index (κ1) is 13.3. The molecule has 104 valence electrons. The number of nitrogens with zero attached hydrogens (tertiary/aromatic N) is 2. The number of imide groups is 1. The fraction of sp³-hybridized carbons (Fsp3) is 0. The van der Waals surface area contributed by atoms with Crippen LogP contribution in [0.1, 0.15) is 31.2 Å². The zero-order chi connectivity index (χ0) is 15.1. The molecule has 0 atom stereocenters. The van der Waals surface area contributed by atoms with E-state index in [1.807, 2.05) is 0 Å². The van der Waals surface area contributed by atoms with E-state index in [9.17, 15) is 19.5 Å². The summed E-state index contributed by atoms with van der Waals surface area (Å²) in [5, 5.41) is 9.42. The molecule has 21 heavy (non-hydrogen) atoms. The molecule has 2 amide bonds. The molecule has 0 saturated carbocycles. The number of hydrogen-bond donors (Lipinski definition) is 1. The number of carboxylic acid groups (broad SMARTS) is 1. The van der Waals surface area contributed by atoms with E-state index >= 15 is 0 Å². The minimum absolute atomic E-state index is 0.00814. The largest absolute Gasteiger partial charge is 0.478 e. The highest BCUT2D eigenvalue weighted by molar-refractivity contribution is 6.35. The fourth-order valence-electron chi connectivity index (χ4n) is 2.16. The standard InChI is InChI=1S/C14H7ClN2O4/c15-7-3-4-10(9(6-7)14(20)21)17-12(18)8-2-1-5-16-11(8)13(17)19/h1-6H,(H,20,21). The van der Waals surface area contributed by atoms with Crippen LogP contribution in [0.4, 0.5) is 5.69 Å². The number of hydrogen-bond acceptors (Lipinski definition) is 4. The number of benzene rings is 1. The summed E-state index contributed by atoms with van der Waals surface area (Å²) >= 11 is 5.77. The minimum atomic E-state index is -1.28. The number of pyridine rings is 1. The van der Waals surface area contributed by atoms with Crippen LogP contribution in [0.15, 0.2) is 36.5 Å². The lowest BCUT2D eigenvalue weighted by Crippen LogP contribution is -2.31. The van der Waals surface area contributed by atoms with Crippen LogP contribution in [-0.2, 0) is 0 Å². The Morgan fingerprint density at radius 3 is 2.62 bits per heavy atom. The van der Waals surface area contributed by atoms with Crippen LogP contribution in [-0.4, -0.2) is 27.9 Å². The summed E-state index contributed by atoms with van der Waals surface area (Å²) in [5.74, 6) is -2.54. The van der Waals surface area contributed by atoms with Crippen LogP contribution in [0.3, 0.4) is 0 Å². The zero-order valence-electron chi connectivity index (χ0n) is 10.4. The van der Waals surface area contributed by atoms with Gasteiger partial charge < -0.3 is 5.11 Å². The van der Waals surface area contributed by atoms with Gasteiger partial charge in [-0.2, -0.15) is 0 Å². The first-order valence-electron chi connectivity index (χ1n) is 5.87. The van der Waals surface area contributed by atoms with Gasteiger partial charge in [0.1, 0.15) is 5.69 Å². The molecule has 0 fully saturated rings. The van der Waals surface area contributed by atoms with E-state index in [-0.39, 0.29) is 27.5 Å². The van der Waals surface area contributed by atoms with Crippen molar-refractivity contribution in [3.63, 3.8) is 0 Å². The third-order valence-electron chi connectivity index (χ3n) is 3.08. The number of aromatic nitrogens is 1. The highest BCUT2D eigenvalue weighted by Gasteiger charge is 2.39. The summed E-state index contributed by atoms with van der Waals surface area (Å²) in [4.78, 5) is 40.6. The van der Waals surface area contributed by atoms with Crippen LogP contribution in [0.5, 0.6) is 0 Å². The molecule has 0 bridgehead atoms. The maximum Gasteiger partial charge on any atom is 0.337 e. The normalized spacial score (nSPS) is 13.5. The van der Waals surface area contributed by atoms with Crippen molar-refractivity contribution in [1.29, 1.82) is 0 Å². The highest BCUT2D eigenvalue weighted by Crippen LogP contribution is 2.31. The van der Waals surface area contributed by atoms with Crippen molar-refractivity contribution < 1.29 is 19.5 Å². The topological polar surface area (TPSA) is 87.6 Å². The maximum absolute atomic E-state index is 12.3. The summed E-state index contributed by atoms with van der Waals surface area (Å²) in [6.45, 7) is 0. The lowest BCUT2D eigenvalue weighted by atomic mass is 10.1. The molecule has 0 unspecified atom stereocenters. The second kappa shape index (κ2) is 4.68. The van der Waals surface area contributed by atoms with Crippen LogP contribution in [0.25, 0.3) is 0 Å². The van der Waals surface area contributed by atoms with Crippen molar-refractivity contribution in [2.75, 3.05) is 4.90 Å². The number of fused-ring (bicyclic) bond motifs is 1. The van der Waals surface area contributed by atoms with E-state index in [4.69, 9.17) is 11.6 Å². The van der Waals surface area contributed by atoms with Crippen molar-refractivity contribution in [2.45, 2.75) is 0 Å². The highest BCUT2D eigenvalue weighted by atomic mass is 35.5. The Balaban J connectivity index is 2.18. The Morgan fingerprint density at radius 1 is 1.19 bits per heavy atom. The molecular formula is C14H7ClN2O4. The van der Waals surface area contributed by atoms with E-state index in [0.717, 1.165) is 4.90 Å². The van der Waals surface area contributed by atoms with Crippen LogP contribution >= 0.6 is 11.6 Å². The maximum atomic E-state index is 12.3. The first-order valence-corrected chi connectivity index (χ1v) is 6.25. The van der Waals surface area contributed by atoms with Crippen LogP contribution < -0.4 is 4.90 Å².